The summed E-state index contributed by atoms with van der Waals surface area (Å²) in [5.74, 6) is 0.672. The lowest BCUT2D eigenvalue weighted by Crippen LogP contribution is -2.12. The van der Waals surface area contributed by atoms with E-state index >= 15 is 0 Å². The summed E-state index contributed by atoms with van der Waals surface area (Å²) in [7, 11) is 0. The topological polar surface area (TPSA) is 25.2 Å². The zero-order valence-corrected chi connectivity index (χ0v) is 16.4. The lowest BCUT2D eigenvalue weighted by atomic mass is 9.90. The summed E-state index contributed by atoms with van der Waals surface area (Å²) >= 11 is 1.71. The Hall–Kier alpha value is -1.74. The van der Waals surface area contributed by atoms with Crippen LogP contribution in [0.2, 0.25) is 0 Å². The normalized spacial score (nSPS) is 15.2. The summed E-state index contributed by atoms with van der Waals surface area (Å²) in [4.78, 5) is 10.4. The van der Waals surface area contributed by atoms with Crippen molar-refractivity contribution in [1.82, 2.24) is 4.98 Å². The van der Waals surface area contributed by atoms with E-state index in [2.05, 4.69) is 56.2 Å². The van der Waals surface area contributed by atoms with Gasteiger partial charge in [-0.1, -0.05) is 51.0 Å². The van der Waals surface area contributed by atoms with Gasteiger partial charge in [0.1, 0.15) is 0 Å². The number of aliphatic imine (C=N–C) groups is 1. The van der Waals surface area contributed by atoms with Gasteiger partial charge >= 0.3 is 0 Å². The third kappa shape index (κ3) is 4.46. The van der Waals surface area contributed by atoms with Crippen LogP contribution in [0.1, 0.15) is 57.2 Å². The number of hydrogen-bond acceptors (Lipinski definition) is 3. The molecule has 0 radical (unpaired) electrons. The van der Waals surface area contributed by atoms with Crippen LogP contribution in [0.3, 0.4) is 0 Å². The van der Waals surface area contributed by atoms with E-state index < -0.39 is 0 Å². The number of aryl methyl sites for hydroxylation is 1. The number of thiazole rings is 1. The molecular formula is C22H28N2S. The number of aromatic nitrogens is 1. The maximum absolute atomic E-state index is 4.76. The first-order valence-corrected chi connectivity index (χ1v) is 10.3. The standard InChI is InChI=1S/C22H28N2S/c1-4-6-7-19(5-2)21-13-18(14-23-21)12-17-8-10-20(11-9-17)22-16(3)24-15-25-22/h8-11,14-15,19H,4-7,12-13H2,1-3H3. The van der Waals surface area contributed by atoms with Gasteiger partial charge in [0.2, 0.25) is 0 Å². The molecule has 0 aliphatic carbocycles. The molecule has 1 aliphatic heterocycles. The van der Waals surface area contributed by atoms with E-state index in [4.69, 9.17) is 4.99 Å². The second-order valence-corrected chi connectivity index (χ2v) is 7.83. The van der Waals surface area contributed by atoms with Crippen molar-refractivity contribution in [1.29, 1.82) is 0 Å². The molecular weight excluding hydrogens is 324 g/mol. The van der Waals surface area contributed by atoms with Crippen molar-refractivity contribution in [3.63, 3.8) is 0 Å². The highest BCUT2D eigenvalue weighted by Gasteiger charge is 2.18. The van der Waals surface area contributed by atoms with Crippen LogP contribution in [0.15, 0.2) is 46.5 Å². The molecule has 1 atom stereocenters. The van der Waals surface area contributed by atoms with Crippen LogP contribution < -0.4 is 0 Å². The Morgan fingerprint density at radius 2 is 1.96 bits per heavy atom. The van der Waals surface area contributed by atoms with Crippen LogP contribution in [-0.2, 0) is 6.42 Å². The maximum atomic E-state index is 4.76. The number of rotatable bonds is 8. The van der Waals surface area contributed by atoms with Crippen molar-refractivity contribution in [2.75, 3.05) is 0 Å². The summed E-state index contributed by atoms with van der Waals surface area (Å²) in [6.07, 6.45) is 9.28. The predicted molar refractivity (Wildman–Crippen MR) is 109 cm³/mol. The summed E-state index contributed by atoms with van der Waals surface area (Å²) in [5.41, 5.74) is 8.53. The Balaban J connectivity index is 1.58. The zero-order valence-electron chi connectivity index (χ0n) is 15.6. The largest absolute Gasteiger partial charge is 0.265 e. The molecule has 3 heteroatoms. The smallest absolute Gasteiger partial charge is 0.0801 e. The SMILES string of the molecule is CCCCC(CC)C1=NC=C(Cc2ccc(-c3scnc3C)cc2)C1. The molecule has 1 aromatic heterocycles. The number of allylic oxidation sites excluding steroid dienone is 1. The van der Waals surface area contributed by atoms with Crippen molar-refractivity contribution in [2.45, 2.75) is 59.3 Å². The van der Waals surface area contributed by atoms with Crippen molar-refractivity contribution in [2.24, 2.45) is 10.9 Å². The Morgan fingerprint density at radius 1 is 1.16 bits per heavy atom. The fourth-order valence-electron chi connectivity index (χ4n) is 3.53. The van der Waals surface area contributed by atoms with E-state index in [0.29, 0.717) is 5.92 Å². The van der Waals surface area contributed by atoms with E-state index in [0.717, 1.165) is 18.5 Å². The van der Waals surface area contributed by atoms with E-state index in [-0.39, 0.29) is 0 Å². The maximum Gasteiger partial charge on any atom is 0.0801 e. The Labute approximate surface area is 155 Å². The molecule has 0 spiro atoms. The van der Waals surface area contributed by atoms with E-state index in [1.54, 1.807) is 11.3 Å². The fourth-order valence-corrected chi connectivity index (χ4v) is 4.34. The minimum absolute atomic E-state index is 0.672. The van der Waals surface area contributed by atoms with Gasteiger partial charge in [-0.2, -0.15) is 0 Å². The van der Waals surface area contributed by atoms with Gasteiger partial charge in [0, 0.05) is 18.3 Å². The number of nitrogens with zero attached hydrogens (tertiary/aromatic N) is 2. The number of unbranched alkanes of at least 4 members (excludes halogenated alkanes) is 1. The minimum atomic E-state index is 0.672. The van der Waals surface area contributed by atoms with Crippen LogP contribution in [0.4, 0.5) is 0 Å². The zero-order chi connectivity index (χ0) is 17.6. The number of benzene rings is 1. The molecule has 132 valence electrons. The molecule has 1 aliphatic rings. The van der Waals surface area contributed by atoms with Gasteiger partial charge in [-0.25, -0.2) is 4.98 Å². The molecule has 0 saturated carbocycles. The lowest BCUT2D eigenvalue weighted by molar-refractivity contribution is 0.564. The Morgan fingerprint density at radius 3 is 2.60 bits per heavy atom. The molecule has 0 bridgehead atoms. The van der Waals surface area contributed by atoms with Crippen LogP contribution in [0.5, 0.6) is 0 Å². The first-order valence-electron chi connectivity index (χ1n) is 9.45. The van der Waals surface area contributed by atoms with Gasteiger partial charge < -0.3 is 0 Å². The lowest BCUT2D eigenvalue weighted by Gasteiger charge is -2.15. The Kier molecular flexibility index (Phi) is 6.19. The van der Waals surface area contributed by atoms with Crippen LogP contribution in [-0.4, -0.2) is 10.7 Å². The summed E-state index contributed by atoms with van der Waals surface area (Å²) < 4.78 is 0. The molecule has 3 rings (SSSR count). The van der Waals surface area contributed by atoms with Gasteiger partial charge in [-0.3, -0.25) is 4.99 Å². The summed E-state index contributed by atoms with van der Waals surface area (Å²) in [5, 5.41) is 0. The molecule has 1 unspecified atom stereocenters. The monoisotopic (exact) mass is 352 g/mol. The second-order valence-electron chi connectivity index (χ2n) is 6.97. The molecule has 1 aromatic carbocycles. The highest BCUT2D eigenvalue weighted by Crippen LogP contribution is 2.29. The molecule has 0 fully saturated rings. The minimum Gasteiger partial charge on any atom is -0.265 e. The van der Waals surface area contributed by atoms with Crippen LogP contribution in [0.25, 0.3) is 10.4 Å². The van der Waals surface area contributed by atoms with Gasteiger partial charge in [0.15, 0.2) is 0 Å². The quantitative estimate of drug-likeness (QED) is 0.525. The van der Waals surface area contributed by atoms with Gasteiger partial charge in [0.05, 0.1) is 16.1 Å². The average molecular weight is 353 g/mol. The molecule has 2 heterocycles. The van der Waals surface area contributed by atoms with E-state index in [9.17, 15) is 0 Å². The third-order valence-electron chi connectivity index (χ3n) is 5.08. The number of hydrogen-bond donors (Lipinski definition) is 0. The molecule has 25 heavy (non-hydrogen) atoms. The fraction of sp³-hybridized carbons (Fsp3) is 0.455. The highest BCUT2D eigenvalue weighted by atomic mass is 32.1. The van der Waals surface area contributed by atoms with Crippen LogP contribution in [0, 0.1) is 12.8 Å². The second kappa shape index (κ2) is 8.57. The van der Waals surface area contributed by atoms with Gasteiger partial charge in [-0.15, -0.1) is 11.3 Å². The molecule has 2 aromatic rings. The van der Waals surface area contributed by atoms with Crippen molar-refractivity contribution >= 4 is 17.0 Å². The first kappa shape index (κ1) is 18.1. The molecule has 0 saturated heterocycles. The van der Waals surface area contributed by atoms with Gasteiger partial charge in [-0.05, 0) is 48.8 Å². The van der Waals surface area contributed by atoms with Crippen molar-refractivity contribution in [3.05, 3.63) is 52.8 Å². The Bertz CT molecular complexity index is 753. The molecule has 0 amide bonds. The molecule has 0 N–H and O–H groups in total. The highest BCUT2D eigenvalue weighted by molar-refractivity contribution is 7.13. The van der Waals surface area contributed by atoms with Crippen molar-refractivity contribution in [3.8, 4) is 10.4 Å². The summed E-state index contributed by atoms with van der Waals surface area (Å²) in [6, 6.07) is 8.95. The third-order valence-corrected chi connectivity index (χ3v) is 6.06. The average Bonchev–Trinajstić information content (AvgIpc) is 3.26. The predicted octanol–water partition coefficient (Wildman–Crippen LogP) is 6.61. The van der Waals surface area contributed by atoms with E-state index in [1.807, 2.05) is 5.51 Å². The first-order chi connectivity index (χ1) is 12.2. The van der Waals surface area contributed by atoms with E-state index in [1.165, 1.54) is 53.0 Å². The van der Waals surface area contributed by atoms with Crippen molar-refractivity contribution < 1.29 is 0 Å². The van der Waals surface area contributed by atoms with Crippen LogP contribution >= 0.6 is 11.3 Å². The van der Waals surface area contributed by atoms with Gasteiger partial charge in [0.25, 0.3) is 0 Å². The summed E-state index contributed by atoms with van der Waals surface area (Å²) in [6.45, 7) is 6.63. The molecule has 2 nitrogen and oxygen atoms in total.